The van der Waals surface area contributed by atoms with Gasteiger partial charge in [0.15, 0.2) is 0 Å². The highest BCUT2D eigenvalue weighted by Crippen LogP contribution is 2.40. The Kier molecular flexibility index (Phi) is 4.28. The highest BCUT2D eigenvalue weighted by molar-refractivity contribution is 6.32. The van der Waals surface area contributed by atoms with E-state index < -0.39 is 0 Å². The number of fused-ring (bicyclic) bond motifs is 3. The molecule has 2 heteroatoms. The van der Waals surface area contributed by atoms with Crippen LogP contribution in [0.1, 0.15) is 5.56 Å². The maximum atomic E-state index is 9.87. The lowest BCUT2D eigenvalue weighted by Crippen LogP contribution is -1.91. The number of benzene rings is 5. The van der Waals surface area contributed by atoms with Gasteiger partial charge in [-0.15, -0.1) is 0 Å². The summed E-state index contributed by atoms with van der Waals surface area (Å²) in [6.07, 6.45) is 0. The molecule has 136 valence electrons. The monoisotopic (exact) mass is 389 g/mol. The molecule has 29 heavy (non-hydrogen) atoms. The van der Waals surface area contributed by atoms with Crippen LogP contribution in [0.2, 0.25) is 5.02 Å². The van der Waals surface area contributed by atoms with Crippen LogP contribution in [0.25, 0.3) is 43.8 Å². The third kappa shape index (κ3) is 2.95. The van der Waals surface area contributed by atoms with Gasteiger partial charge in [0, 0.05) is 5.56 Å². The van der Waals surface area contributed by atoms with E-state index in [0.29, 0.717) is 10.6 Å². The fourth-order valence-electron chi connectivity index (χ4n) is 4.01. The van der Waals surface area contributed by atoms with E-state index in [4.69, 9.17) is 11.6 Å². The summed E-state index contributed by atoms with van der Waals surface area (Å²) < 4.78 is 0. The Bertz CT molecular complexity index is 1410. The van der Waals surface area contributed by atoms with Crippen LogP contribution in [-0.2, 0) is 0 Å². The summed E-state index contributed by atoms with van der Waals surface area (Å²) in [4.78, 5) is 0. The SMILES string of the molecule is N#Cc1c(Cl)cc(-c2ccccc2)cc1-c1cc2ccccc2c2ccccc12. The summed E-state index contributed by atoms with van der Waals surface area (Å²) >= 11 is 6.58. The van der Waals surface area contributed by atoms with Gasteiger partial charge in [-0.1, -0.05) is 90.5 Å². The first-order chi connectivity index (χ1) is 14.3. The molecule has 0 aliphatic carbocycles. The van der Waals surface area contributed by atoms with Crippen molar-refractivity contribution in [1.29, 1.82) is 5.26 Å². The van der Waals surface area contributed by atoms with E-state index in [1.165, 1.54) is 10.8 Å². The minimum Gasteiger partial charge on any atom is -0.192 e. The summed E-state index contributed by atoms with van der Waals surface area (Å²) in [6.45, 7) is 0. The molecule has 0 aromatic heterocycles. The lowest BCUT2D eigenvalue weighted by molar-refractivity contribution is 1.48. The number of halogens is 1. The average molecular weight is 390 g/mol. The van der Waals surface area contributed by atoms with Gasteiger partial charge in [-0.3, -0.25) is 0 Å². The fraction of sp³-hybridized carbons (Fsp3) is 0. The van der Waals surface area contributed by atoms with E-state index in [-0.39, 0.29) is 0 Å². The number of hydrogen-bond donors (Lipinski definition) is 0. The van der Waals surface area contributed by atoms with Crippen LogP contribution in [-0.4, -0.2) is 0 Å². The zero-order valence-electron chi connectivity index (χ0n) is 15.6. The lowest BCUT2D eigenvalue weighted by atomic mass is 9.89. The molecule has 0 radical (unpaired) electrons. The van der Waals surface area contributed by atoms with Gasteiger partial charge in [0.2, 0.25) is 0 Å². The molecule has 0 fully saturated rings. The zero-order valence-corrected chi connectivity index (χ0v) is 16.3. The first-order valence-corrected chi connectivity index (χ1v) is 9.84. The van der Waals surface area contributed by atoms with Crippen molar-refractivity contribution in [3.8, 4) is 28.3 Å². The molecule has 0 bridgehead atoms. The second-order valence-corrected chi connectivity index (χ2v) is 7.46. The summed E-state index contributed by atoms with van der Waals surface area (Å²) in [5.74, 6) is 0. The van der Waals surface area contributed by atoms with E-state index in [2.05, 4.69) is 66.7 Å². The van der Waals surface area contributed by atoms with E-state index in [0.717, 1.165) is 33.0 Å². The van der Waals surface area contributed by atoms with Gasteiger partial charge in [-0.2, -0.15) is 5.26 Å². The quantitative estimate of drug-likeness (QED) is 0.282. The van der Waals surface area contributed by atoms with E-state index in [1.54, 1.807) is 0 Å². The van der Waals surface area contributed by atoms with Gasteiger partial charge in [-0.05, 0) is 56.4 Å². The Labute approximate surface area is 174 Å². The molecule has 1 nitrogen and oxygen atoms in total. The summed E-state index contributed by atoms with van der Waals surface area (Å²) in [5, 5.41) is 15.0. The van der Waals surface area contributed by atoms with Gasteiger partial charge in [0.05, 0.1) is 10.6 Å². The van der Waals surface area contributed by atoms with Gasteiger partial charge < -0.3 is 0 Å². The van der Waals surface area contributed by atoms with Gasteiger partial charge in [0.1, 0.15) is 6.07 Å². The summed E-state index contributed by atoms with van der Waals surface area (Å²) in [5.41, 5.74) is 4.47. The normalized spacial score (nSPS) is 10.9. The highest BCUT2D eigenvalue weighted by Gasteiger charge is 2.16. The van der Waals surface area contributed by atoms with Crippen molar-refractivity contribution in [2.24, 2.45) is 0 Å². The fourth-order valence-corrected chi connectivity index (χ4v) is 4.27. The average Bonchev–Trinajstić information content (AvgIpc) is 2.78. The lowest BCUT2D eigenvalue weighted by Gasteiger charge is -2.14. The van der Waals surface area contributed by atoms with Crippen LogP contribution in [0.15, 0.2) is 97.1 Å². The van der Waals surface area contributed by atoms with Crippen molar-refractivity contribution < 1.29 is 0 Å². The van der Waals surface area contributed by atoms with Crippen molar-refractivity contribution >= 4 is 33.1 Å². The topological polar surface area (TPSA) is 23.8 Å². The Morgan fingerprint density at radius 1 is 0.586 bits per heavy atom. The van der Waals surface area contributed by atoms with Gasteiger partial charge >= 0.3 is 0 Å². The Morgan fingerprint density at radius 3 is 2.00 bits per heavy atom. The maximum Gasteiger partial charge on any atom is 0.101 e. The second-order valence-electron chi connectivity index (χ2n) is 7.05. The molecule has 0 atom stereocenters. The largest absolute Gasteiger partial charge is 0.192 e. The smallest absolute Gasteiger partial charge is 0.101 e. The molecule has 0 spiro atoms. The molecule has 0 heterocycles. The molecule has 0 amide bonds. The molecule has 5 aromatic carbocycles. The Morgan fingerprint density at radius 2 is 1.24 bits per heavy atom. The Balaban J connectivity index is 1.89. The van der Waals surface area contributed by atoms with Crippen molar-refractivity contribution in [3.63, 3.8) is 0 Å². The minimum absolute atomic E-state index is 0.473. The molecule has 5 rings (SSSR count). The van der Waals surface area contributed by atoms with Crippen molar-refractivity contribution in [2.75, 3.05) is 0 Å². The van der Waals surface area contributed by atoms with E-state index in [1.807, 2.05) is 36.4 Å². The number of hydrogen-bond acceptors (Lipinski definition) is 1. The van der Waals surface area contributed by atoms with Crippen LogP contribution in [0.3, 0.4) is 0 Å². The van der Waals surface area contributed by atoms with Crippen LogP contribution in [0.5, 0.6) is 0 Å². The Hall–Kier alpha value is -3.60. The molecule has 0 saturated heterocycles. The summed E-state index contributed by atoms with van der Waals surface area (Å²) in [6, 6.07) is 35.2. The first kappa shape index (κ1) is 17.5. The van der Waals surface area contributed by atoms with E-state index >= 15 is 0 Å². The molecule has 5 aromatic rings. The first-order valence-electron chi connectivity index (χ1n) is 9.46. The predicted molar refractivity (Wildman–Crippen MR) is 122 cm³/mol. The molecule has 0 N–H and O–H groups in total. The van der Waals surface area contributed by atoms with Crippen molar-refractivity contribution in [2.45, 2.75) is 0 Å². The molecular weight excluding hydrogens is 374 g/mol. The number of nitriles is 1. The van der Waals surface area contributed by atoms with Crippen LogP contribution >= 0.6 is 11.6 Å². The molecule has 0 aliphatic rings. The van der Waals surface area contributed by atoms with Crippen molar-refractivity contribution in [1.82, 2.24) is 0 Å². The summed E-state index contributed by atoms with van der Waals surface area (Å²) in [7, 11) is 0. The molecule has 0 aliphatic heterocycles. The number of nitrogens with zero attached hydrogens (tertiary/aromatic N) is 1. The number of rotatable bonds is 2. The predicted octanol–water partition coefficient (Wildman–Crippen LogP) is 7.85. The highest BCUT2D eigenvalue weighted by atomic mass is 35.5. The third-order valence-corrected chi connectivity index (χ3v) is 5.67. The second kappa shape index (κ2) is 7.09. The standard InChI is InChI=1S/C27H16ClN/c28-27-16-20(18-8-2-1-3-9-18)15-25(26(27)17-29)24-14-19-10-4-5-11-21(19)22-12-6-7-13-23(22)24/h1-16H. The van der Waals surface area contributed by atoms with Gasteiger partial charge in [-0.25, -0.2) is 0 Å². The minimum atomic E-state index is 0.473. The van der Waals surface area contributed by atoms with Crippen LogP contribution < -0.4 is 0 Å². The van der Waals surface area contributed by atoms with Crippen LogP contribution in [0, 0.1) is 11.3 Å². The molecular formula is C27H16ClN. The van der Waals surface area contributed by atoms with E-state index in [9.17, 15) is 5.26 Å². The maximum absolute atomic E-state index is 9.87. The van der Waals surface area contributed by atoms with Gasteiger partial charge in [0.25, 0.3) is 0 Å². The van der Waals surface area contributed by atoms with Crippen LogP contribution in [0.4, 0.5) is 0 Å². The molecule has 0 saturated carbocycles. The zero-order chi connectivity index (χ0) is 19.8. The molecule has 0 unspecified atom stereocenters. The van der Waals surface area contributed by atoms with Crippen molar-refractivity contribution in [3.05, 3.63) is 108 Å². The third-order valence-electron chi connectivity index (χ3n) is 5.37.